The van der Waals surface area contributed by atoms with E-state index < -0.39 is 0 Å². The predicted molar refractivity (Wildman–Crippen MR) is 119 cm³/mol. The van der Waals surface area contributed by atoms with Crippen molar-refractivity contribution in [1.29, 1.82) is 0 Å². The Balaban J connectivity index is 1.62. The first-order valence-electron chi connectivity index (χ1n) is 10.8. The second-order valence-corrected chi connectivity index (χ2v) is 6.83. The largest absolute Gasteiger partial charge is 0.491 e. The molecule has 0 aromatic heterocycles. The summed E-state index contributed by atoms with van der Waals surface area (Å²) in [5, 5.41) is 18.0. The maximum absolute atomic E-state index is 9.01. The van der Waals surface area contributed by atoms with Crippen molar-refractivity contribution < 1.29 is 38.6 Å². The molecule has 0 heterocycles. The van der Waals surface area contributed by atoms with E-state index in [1.165, 1.54) is 0 Å². The lowest BCUT2D eigenvalue weighted by Crippen LogP contribution is -2.30. The van der Waals surface area contributed by atoms with Gasteiger partial charge in [-0.25, -0.2) is 0 Å². The Morgan fingerprint density at radius 1 is 0.531 bits per heavy atom. The molecule has 2 atom stereocenters. The molecule has 0 aliphatic heterocycles. The number of ether oxygens (including phenoxy) is 6. The summed E-state index contributed by atoms with van der Waals surface area (Å²) in [6.07, 6.45) is -0.607. The van der Waals surface area contributed by atoms with Crippen molar-refractivity contribution in [2.75, 3.05) is 66.1 Å². The summed E-state index contributed by atoms with van der Waals surface area (Å²) in [4.78, 5) is 0. The van der Waals surface area contributed by atoms with Gasteiger partial charge in [-0.1, -0.05) is 36.4 Å². The molecule has 0 saturated heterocycles. The summed E-state index contributed by atoms with van der Waals surface area (Å²) in [5.74, 6) is 1.50. The van der Waals surface area contributed by atoms with Crippen molar-refractivity contribution in [2.24, 2.45) is 0 Å². The van der Waals surface area contributed by atoms with E-state index in [2.05, 4.69) is 0 Å². The molecule has 2 aromatic carbocycles. The van der Waals surface area contributed by atoms with Crippen molar-refractivity contribution in [3.63, 3.8) is 0 Å². The molecule has 0 bridgehead atoms. The third-order valence-electron chi connectivity index (χ3n) is 4.23. The monoisotopic (exact) mass is 450 g/mol. The lowest BCUT2D eigenvalue weighted by Gasteiger charge is -2.20. The fourth-order valence-corrected chi connectivity index (χ4v) is 2.69. The quantitative estimate of drug-likeness (QED) is 0.314. The summed E-state index contributed by atoms with van der Waals surface area (Å²) < 4.78 is 33.9. The summed E-state index contributed by atoms with van der Waals surface area (Å²) >= 11 is 0. The first-order valence-corrected chi connectivity index (χ1v) is 10.8. The molecular weight excluding hydrogens is 416 g/mol. The lowest BCUT2D eigenvalue weighted by molar-refractivity contribution is -0.0721. The number of para-hydroxylation sites is 2. The van der Waals surface area contributed by atoms with Crippen molar-refractivity contribution in [1.82, 2.24) is 0 Å². The van der Waals surface area contributed by atoms with E-state index in [-0.39, 0.29) is 38.6 Å². The van der Waals surface area contributed by atoms with E-state index in [9.17, 15) is 0 Å². The fourth-order valence-electron chi connectivity index (χ4n) is 2.69. The fraction of sp³-hybridized carbons (Fsp3) is 0.500. The number of rotatable bonds is 19. The SMILES string of the molecule is OCCOC(COCCOCC(COc1ccccc1)OCCO)COc1ccccc1. The Labute approximate surface area is 189 Å². The molecule has 0 saturated carbocycles. The third kappa shape index (κ3) is 12.0. The molecule has 0 radical (unpaired) electrons. The van der Waals surface area contributed by atoms with E-state index >= 15 is 0 Å². The maximum Gasteiger partial charge on any atom is 0.119 e. The first kappa shape index (κ1) is 26.1. The van der Waals surface area contributed by atoms with Gasteiger partial charge in [0.2, 0.25) is 0 Å². The second kappa shape index (κ2) is 17.4. The van der Waals surface area contributed by atoms with Gasteiger partial charge < -0.3 is 38.6 Å². The highest BCUT2D eigenvalue weighted by Crippen LogP contribution is 2.10. The zero-order valence-corrected chi connectivity index (χ0v) is 18.3. The van der Waals surface area contributed by atoms with Gasteiger partial charge in [-0.2, -0.15) is 0 Å². The Morgan fingerprint density at radius 2 is 0.938 bits per heavy atom. The van der Waals surface area contributed by atoms with Crippen molar-refractivity contribution >= 4 is 0 Å². The van der Waals surface area contributed by atoms with Crippen LogP contribution in [0.25, 0.3) is 0 Å². The molecule has 178 valence electrons. The average Bonchev–Trinajstić information content (AvgIpc) is 2.84. The van der Waals surface area contributed by atoms with Crippen LogP contribution in [0.2, 0.25) is 0 Å². The van der Waals surface area contributed by atoms with E-state index in [0.717, 1.165) is 11.5 Å². The minimum atomic E-state index is -0.303. The van der Waals surface area contributed by atoms with Crippen LogP contribution in [0.3, 0.4) is 0 Å². The molecule has 0 amide bonds. The molecule has 0 aliphatic rings. The molecule has 2 rings (SSSR count). The van der Waals surface area contributed by atoms with Crippen LogP contribution in [-0.4, -0.2) is 88.5 Å². The summed E-state index contributed by atoms with van der Waals surface area (Å²) in [6.45, 7) is 2.32. The Morgan fingerprint density at radius 3 is 1.31 bits per heavy atom. The molecular formula is C24H34O8. The second-order valence-electron chi connectivity index (χ2n) is 6.83. The maximum atomic E-state index is 9.01. The van der Waals surface area contributed by atoms with Gasteiger partial charge in [-0.3, -0.25) is 0 Å². The van der Waals surface area contributed by atoms with E-state index in [0.29, 0.717) is 39.6 Å². The summed E-state index contributed by atoms with van der Waals surface area (Å²) in [7, 11) is 0. The molecule has 2 aromatic rings. The molecule has 0 aliphatic carbocycles. The molecule has 8 nitrogen and oxygen atoms in total. The molecule has 2 unspecified atom stereocenters. The number of aliphatic hydroxyl groups is 2. The highest BCUT2D eigenvalue weighted by molar-refractivity contribution is 5.21. The van der Waals surface area contributed by atoms with Crippen LogP contribution in [0, 0.1) is 0 Å². The lowest BCUT2D eigenvalue weighted by atomic mass is 10.3. The Bertz CT molecular complexity index is 611. The molecule has 32 heavy (non-hydrogen) atoms. The Hall–Kier alpha value is -2.20. The van der Waals surface area contributed by atoms with E-state index in [1.54, 1.807) is 0 Å². The highest BCUT2D eigenvalue weighted by atomic mass is 16.6. The van der Waals surface area contributed by atoms with E-state index in [1.807, 2.05) is 60.7 Å². The minimum absolute atomic E-state index is 0.0643. The summed E-state index contributed by atoms with van der Waals surface area (Å²) in [6, 6.07) is 18.9. The third-order valence-corrected chi connectivity index (χ3v) is 4.23. The molecule has 0 fully saturated rings. The topological polar surface area (TPSA) is 95.8 Å². The van der Waals surface area contributed by atoms with Crippen molar-refractivity contribution in [3.05, 3.63) is 60.7 Å². The van der Waals surface area contributed by atoms with Crippen molar-refractivity contribution in [3.8, 4) is 11.5 Å². The van der Waals surface area contributed by atoms with Gasteiger partial charge >= 0.3 is 0 Å². The molecule has 2 N–H and O–H groups in total. The standard InChI is InChI=1S/C24H34O8/c25-11-13-29-23(19-31-21-7-3-1-4-8-21)17-27-15-16-28-18-24(30-14-12-26)20-32-22-9-5-2-6-10-22/h1-10,23-26H,11-20H2. The summed E-state index contributed by atoms with van der Waals surface area (Å²) in [5.41, 5.74) is 0. The minimum Gasteiger partial charge on any atom is -0.491 e. The molecule has 8 heteroatoms. The zero-order chi connectivity index (χ0) is 22.7. The number of hydrogen-bond donors (Lipinski definition) is 2. The Kier molecular flexibility index (Phi) is 14.1. The van der Waals surface area contributed by atoms with Crippen LogP contribution in [0.5, 0.6) is 11.5 Å². The van der Waals surface area contributed by atoms with E-state index in [4.69, 9.17) is 38.6 Å². The zero-order valence-electron chi connectivity index (χ0n) is 18.3. The average molecular weight is 451 g/mol. The van der Waals surface area contributed by atoms with Crippen LogP contribution in [0.15, 0.2) is 60.7 Å². The van der Waals surface area contributed by atoms with Crippen LogP contribution in [-0.2, 0) is 18.9 Å². The van der Waals surface area contributed by atoms with Gasteiger partial charge in [-0.15, -0.1) is 0 Å². The van der Waals surface area contributed by atoms with Gasteiger partial charge in [0.05, 0.1) is 52.9 Å². The predicted octanol–water partition coefficient (Wildman–Crippen LogP) is 1.93. The number of aliphatic hydroxyl groups excluding tert-OH is 2. The van der Waals surface area contributed by atoms with Crippen LogP contribution >= 0.6 is 0 Å². The van der Waals surface area contributed by atoms with Crippen molar-refractivity contribution in [2.45, 2.75) is 12.2 Å². The number of hydrogen-bond acceptors (Lipinski definition) is 8. The van der Waals surface area contributed by atoms with Gasteiger partial charge in [-0.05, 0) is 24.3 Å². The van der Waals surface area contributed by atoms with Gasteiger partial charge in [0, 0.05) is 0 Å². The first-order chi connectivity index (χ1) is 15.8. The van der Waals surface area contributed by atoms with Crippen LogP contribution in [0.4, 0.5) is 0 Å². The molecule has 0 spiro atoms. The van der Waals surface area contributed by atoms with Crippen LogP contribution < -0.4 is 9.47 Å². The normalized spacial score (nSPS) is 12.9. The van der Waals surface area contributed by atoms with Gasteiger partial charge in [0.15, 0.2) is 0 Å². The van der Waals surface area contributed by atoms with Crippen LogP contribution in [0.1, 0.15) is 0 Å². The number of benzene rings is 2. The highest BCUT2D eigenvalue weighted by Gasteiger charge is 2.13. The smallest absolute Gasteiger partial charge is 0.119 e. The van der Waals surface area contributed by atoms with Gasteiger partial charge in [0.25, 0.3) is 0 Å². The van der Waals surface area contributed by atoms with Gasteiger partial charge in [0.1, 0.15) is 36.9 Å².